The lowest BCUT2D eigenvalue weighted by Crippen LogP contribution is -2.48. The maximum Gasteiger partial charge on any atom is 0.416 e. The second-order valence-electron chi connectivity index (χ2n) is 12.2. The van der Waals surface area contributed by atoms with Crippen molar-refractivity contribution in [3.8, 4) is 0 Å². The van der Waals surface area contributed by atoms with E-state index in [0.29, 0.717) is 18.7 Å². The third-order valence-corrected chi connectivity index (χ3v) is 8.93. The van der Waals surface area contributed by atoms with E-state index < -0.39 is 11.7 Å². The summed E-state index contributed by atoms with van der Waals surface area (Å²) < 4.78 is 37.5. The molecule has 2 saturated heterocycles. The number of carbonyl (C=O) groups is 2. The average molecular weight is 595 g/mol. The van der Waals surface area contributed by atoms with E-state index in [4.69, 9.17) is 0 Å². The molecular formula is C33H53F3N4O2. The first-order valence-corrected chi connectivity index (χ1v) is 16.4. The van der Waals surface area contributed by atoms with Crippen molar-refractivity contribution in [2.75, 3.05) is 65.4 Å². The van der Waals surface area contributed by atoms with Crippen LogP contribution in [0.2, 0.25) is 0 Å². The summed E-state index contributed by atoms with van der Waals surface area (Å²) in [5, 5.41) is 0. The van der Waals surface area contributed by atoms with Crippen LogP contribution in [0.1, 0.15) is 89.2 Å². The highest BCUT2D eigenvalue weighted by Crippen LogP contribution is 2.29. The predicted molar refractivity (Wildman–Crippen MR) is 162 cm³/mol. The maximum atomic E-state index is 12.5. The minimum Gasteiger partial charge on any atom is -0.340 e. The van der Waals surface area contributed by atoms with Crippen LogP contribution in [0, 0.1) is 5.92 Å². The molecule has 3 aliphatic rings. The molecule has 42 heavy (non-hydrogen) atoms. The summed E-state index contributed by atoms with van der Waals surface area (Å²) in [6.45, 7) is 13.9. The Labute approximate surface area is 251 Å². The van der Waals surface area contributed by atoms with Crippen LogP contribution in [0.4, 0.5) is 13.2 Å². The maximum absolute atomic E-state index is 12.5. The average Bonchev–Trinajstić information content (AvgIpc) is 3.00. The normalized spacial score (nSPS) is 19.4. The van der Waals surface area contributed by atoms with Crippen LogP contribution in [-0.2, 0) is 22.2 Å². The molecule has 4 rings (SSSR count). The molecule has 0 spiro atoms. The molecule has 1 saturated carbocycles. The number of alkyl halides is 3. The Balaban J connectivity index is 0.000000235. The summed E-state index contributed by atoms with van der Waals surface area (Å²) in [6, 6.07) is 5.05. The van der Waals surface area contributed by atoms with Gasteiger partial charge in [0.2, 0.25) is 11.8 Å². The number of carbonyl (C=O) groups excluding carboxylic acids is 2. The number of amides is 2. The minimum atomic E-state index is -4.31. The van der Waals surface area contributed by atoms with E-state index >= 15 is 0 Å². The lowest BCUT2D eigenvalue weighted by molar-refractivity contribution is -0.137. The Kier molecular flexibility index (Phi) is 14.6. The highest BCUT2D eigenvalue weighted by atomic mass is 19.4. The zero-order valence-electron chi connectivity index (χ0n) is 26.0. The third-order valence-electron chi connectivity index (χ3n) is 8.93. The number of halogens is 3. The highest BCUT2D eigenvalue weighted by molar-refractivity contribution is 5.76. The number of hydrogen-bond acceptors (Lipinski definition) is 4. The Morgan fingerprint density at radius 2 is 1.19 bits per heavy atom. The molecule has 2 heterocycles. The smallest absolute Gasteiger partial charge is 0.340 e. The summed E-state index contributed by atoms with van der Waals surface area (Å²) in [4.78, 5) is 33.2. The van der Waals surface area contributed by atoms with Gasteiger partial charge in [-0.25, -0.2) is 0 Å². The largest absolute Gasteiger partial charge is 0.416 e. The molecule has 9 heteroatoms. The standard InChI is InChI=1S/C17H23F3N2O.C16H30N2O/c1-2-9-21-10-12-22(13-11-21)16(23)8-5-14-3-6-15(7-4-14)17(18,19)20;1-2-10-17-11-13-18(14-12-17)16(19)9-8-15-6-4-3-5-7-15/h3-4,6-7H,2,5,8-13H2,1H3;15H,2-14H2,1H3. The lowest BCUT2D eigenvalue weighted by atomic mass is 9.86. The van der Waals surface area contributed by atoms with Gasteiger partial charge in [-0.1, -0.05) is 58.1 Å². The van der Waals surface area contributed by atoms with Crippen LogP contribution < -0.4 is 0 Å². The van der Waals surface area contributed by atoms with Gasteiger partial charge in [-0.3, -0.25) is 19.4 Å². The summed E-state index contributed by atoms with van der Waals surface area (Å²) in [7, 11) is 0. The van der Waals surface area contributed by atoms with Gasteiger partial charge in [0, 0.05) is 65.2 Å². The zero-order chi connectivity index (χ0) is 30.4. The van der Waals surface area contributed by atoms with Crippen molar-refractivity contribution in [2.24, 2.45) is 5.92 Å². The van der Waals surface area contributed by atoms with Gasteiger partial charge >= 0.3 is 6.18 Å². The van der Waals surface area contributed by atoms with Crippen molar-refractivity contribution < 1.29 is 22.8 Å². The number of hydrogen-bond donors (Lipinski definition) is 0. The number of benzene rings is 1. The van der Waals surface area contributed by atoms with E-state index in [1.165, 1.54) is 57.2 Å². The summed E-state index contributed by atoms with van der Waals surface area (Å²) in [5.41, 5.74) is 0.107. The van der Waals surface area contributed by atoms with Gasteiger partial charge in [0.05, 0.1) is 5.56 Å². The van der Waals surface area contributed by atoms with Crippen LogP contribution in [0.25, 0.3) is 0 Å². The third kappa shape index (κ3) is 11.9. The van der Waals surface area contributed by atoms with E-state index in [1.54, 1.807) is 0 Å². The fourth-order valence-electron chi connectivity index (χ4n) is 6.31. The molecule has 1 aliphatic carbocycles. The van der Waals surface area contributed by atoms with E-state index in [2.05, 4.69) is 28.5 Å². The quantitative estimate of drug-likeness (QED) is 0.329. The SMILES string of the molecule is CCCN1CCN(C(=O)CCC2CCCCC2)CC1.CCCN1CCN(C(=O)CCc2ccc(C(F)(F)F)cc2)CC1. The topological polar surface area (TPSA) is 47.1 Å². The first-order valence-electron chi connectivity index (χ1n) is 16.4. The van der Waals surface area contributed by atoms with E-state index in [0.717, 1.165) is 102 Å². The van der Waals surface area contributed by atoms with Crippen molar-refractivity contribution in [3.05, 3.63) is 35.4 Å². The molecule has 1 aromatic rings. The first-order chi connectivity index (χ1) is 20.2. The minimum absolute atomic E-state index is 0.0843. The first kappa shape index (κ1) is 34.4. The van der Waals surface area contributed by atoms with Crippen LogP contribution in [-0.4, -0.2) is 96.9 Å². The number of piperazine rings is 2. The summed E-state index contributed by atoms with van der Waals surface area (Å²) in [5.74, 6) is 1.32. The zero-order valence-corrected chi connectivity index (χ0v) is 26.0. The van der Waals surface area contributed by atoms with Crippen LogP contribution in [0.3, 0.4) is 0 Å². The molecule has 0 bridgehead atoms. The van der Waals surface area contributed by atoms with Gasteiger partial charge in [0.1, 0.15) is 0 Å². The molecule has 0 radical (unpaired) electrons. The van der Waals surface area contributed by atoms with Gasteiger partial charge in [0.15, 0.2) is 0 Å². The Morgan fingerprint density at radius 3 is 1.64 bits per heavy atom. The van der Waals surface area contributed by atoms with Crippen molar-refractivity contribution in [1.82, 2.24) is 19.6 Å². The van der Waals surface area contributed by atoms with Gasteiger partial charge in [0.25, 0.3) is 0 Å². The highest BCUT2D eigenvalue weighted by Gasteiger charge is 2.30. The number of rotatable bonds is 10. The van der Waals surface area contributed by atoms with Gasteiger partial charge < -0.3 is 9.80 Å². The predicted octanol–water partition coefficient (Wildman–Crippen LogP) is 6.09. The number of nitrogens with zero attached hydrogens (tertiary/aromatic N) is 4. The molecule has 0 atom stereocenters. The molecular weight excluding hydrogens is 541 g/mol. The van der Waals surface area contributed by atoms with Crippen molar-refractivity contribution >= 4 is 11.8 Å². The lowest BCUT2D eigenvalue weighted by Gasteiger charge is -2.35. The van der Waals surface area contributed by atoms with Crippen molar-refractivity contribution in [2.45, 2.75) is 90.7 Å². The fraction of sp³-hybridized carbons (Fsp3) is 0.758. The van der Waals surface area contributed by atoms with Gasteiger partial charge in [-0.15, -0.1) is 0 Å². The Bertz CT molecular complexity index is 918. The van der Waals surface area contributed by atoms with E-state index in [1.807, 2.05) is 4.90 Å². The van der Waals surface area contributed by atoms with Crippen molar-refractivity contribution in [1.29, 1.82) is 0 Å². The number of aryl methyl sites for hydroxylation is 1. The van der Waals surface area contributed by atoms with E-state index in [9.17, 15) is 22.8 Å². The second-order valence-corrected chi connectivity index (χ2v) is 12.2. The Morgan fingerprint density at radius 1 is 0.714 bits per heavy atom. The molecule has 6 nitrogen and oxygen atoms in total. The van der Waals surface area contributed by atoms with Crippen LogP contribution >= 0.6 is 0 Å². The molecule has 2 amide bonds. The van der Waals surface area contributed by atoms with Gasteiger partial charge in [-0.05, 0) is 62.4 Å². The molecule has 238 valence electrons. The summed E-state index contributed by atoms with van der Waals surface area (Å²) in [6.07, 6.45) is 7.66. The second kappa shape index (κ2) is 17.9. The Hall–Kier alpha value is -2.13. The van der Waals surface area contributed by atoms with Gasteiger partial charge in [-0.2, -0.15) is 13.2 Å². The van der Waals surface area contributed by atoms with E-state index in [-0.39, 0.29) is 5.91 Å². The molecule has 0 unspecified atom stereocenters. The molecule has 1 aromatic carbocycles. The van der Waals surface area contributed by atoms with Crippen LogP contribution in [0.15, 0.2) is 24.3 Å². The fourth-order valence-corrected chi connectivity index (χ4v) is 6.31. The van der Waals surface area contributed by atoms with Crippen LogP contribution in [0.5, 0.6) is 0 Å². The molecule has 0 N–H and O–H groups in total. The van der Waals surface area contributed by atoms with Crippen molar-refractivity contribution in [3.63, 3.8) is 0 Å². The molecule has 3 fully saturated rings. The summed E-state index contributed by atoms with van der Waals surface area (Å²) >= 11 is 0. The molecule has 2 aliphatic heterocycles. The monoisotopic (exact) mass is 594 g/mol. The molecule has 0 aromatic heterocycles.